The maximum absolute atomic E-state index is 10.6. The first kappa shape index (κ1) is 31.0. The first-order valence-corrected chi connectivity index (χ1v) is 15.1. The van der Waals surface area contributed by atoms with E-state index in [1.165, 1.54) is 22.3 Å². The summed E-state index contributed by atoms with van der Waals surface area (Å²) in [7, 11) is 0. The molecule has 4 heteroatoms. The maximum atomic E-state index is 10.6. The maximum Gasteiger partial charge on any atom is 0.121 e. The molecular weight excluding hydrogens is 520 g/mol. The SMILES string of the molecule is CC.Cc1cc(C2(c3cc(C)c(O)c(C)c3)CCC(c3ccc(O)c(C)c3)(c3cc(C)c(O)c(C)c3)CC2)ccc1O. The molecule has 0 heterocycles. The lowest BCUT2D eigenvalue weighted by Gasteiger charge is -2.48. The number of hydrogen-bond acceptors (Lipinski definition) is 4. The van der Waals surface area contributed by atoms with E-state index in [9.17, 15) is 20.4 Å². The fourth-order valence-corrected chi connectivity index (χ4v) is 6.96. The van der Waals surface area contributed by atoms with Crippen LogP contribution in [0.5, 0.6) is 23.0 Å². The molecule has 0 spiro atoms. The third-order valence-corrected chi connectivity index (χ3v) is 9.54. The first-order valence-electron chi connectivity index (χ1n) is 15.1. The quantitative estimate of drug-likeness (QED) is 0.198. The van der Waals surface area contributed by atoms with Crippen molar-refractivity contribution < 1.29 is 20.4 Å². The van der Waals surface area contributed by atoms with Gasteiger partial charge in [-0.05, 0) is 135 Å². The Morgan fingerprint density at radius 3 is 0.929 bits per heavy atom. The predicted octanol–water partition coefficient (Wildman–Crippen LogP) is 9.23. The summed E-state index contributed by atoms with van der Waals surface area (Å²) >= 11 is 0. The topological polar surface area (TPSA) is 80.9 Å². The minimum Gasteiger partial charge on any atom is -0.508 e. The molecular formula is C38H46O4. The normalized spacial score (nSPS) is 20.1. The second-order valence-corrected chi connectivity index (χ2v) is 12.1. The summed E-state index contributed by atoms with van der Waals surface area (Å²) in [6.07, 6.45) is 3.39. The van der Waals surface area contributed by atoms with Gasteiger partial charge in [0.25, 0.3) is 0 Å². The highest BCUT2D eigenvalue weighted by Crippen LogP contribution is 2.55. The molecule has 4 aromatic carbocycles. The molecule has 0 saturated heterocycles. The number of phenolic OH excluding ortho intramolecular Hbond substituents is 4. The number of hydrogen-bond donors (Lipinski definition) is 4. The van der Waals surface area contributed by atoms with Crippen molar-refractivity contribution in [2.75, 3.05) is 0 Å². The van der Waals surface area contributed by atoms with Gasteiger partial charge in [-0.2, -0.15) is 0 Å². The summed E-state index contributed by atoms with van der Waals surface area (Å²) < 4.78 is 0. The molecule has 1 aliphatic carbocycles. The van der Waals surface area contributed by atoms with Gasteiger partial charge in [0.1, 0.15) is 23.0 Å². The molecule has 5 rings (SSSR count). The van der Waals surface area contributed by atoms with E-state index in [0.29, 0.717) is 11.5 Å². The third-order valence-electron chi connectivity index (χ3n) is 9.54. The minimum atomic E-state index is -0.307. The van der Waals surface area contributed by atoms with Crippen molar-refractivity contribution in [2.24, 2.45) is 0 Å². The van der Waals surface area contributed by atoms with Crippen LogP contribution in [0.15, 0.2) is 60.7 Å². The smallest absolute Gasteiger partial charge is 0.121 e. The lowest BCUT2D eigenvalue weighted by molar-refractivity contribution is 0.256. The average molecular weight is 567 g/mol. The Balaban J connectivity index is 0.00000198. The molecule has 0 aliphatic heterocycles. The van der Waals surface area contributed by atoms with Crippen LogP contribution in [0.3, 0.4) is 0 Å². The molecule has 0 radical (unpaired) electrons. The van der Waals surface area contributed by atoms with E-state index in [1.807, 2.05) is 67.5 Å². The van der Waals surface area contributed by atoms with Gasteiger partial charge in [0.2, 0.25) is 0 Å². The van der Waals surface area contributed by atoms with Gasteiger partial charge >= 0.3 is 0 Å². The summed E-state index contributed by atoms with van der Waals surface area (Å²) in [5.41, 5.74) is 9.22. The summed E-state index contributed by atoms with van der Waals surface area (Å²) in [6, 6.07) is 20.4. The standard InChI is InChI=1S/C36H40O4.C2H6/c1-21-15-27(7-9-31(21)37)35(29-17-23(3)33(39)24(4)18-29)11-13-36(14-12-35,28-8-10-32(38)22(2)16-28)30-19-25(5)34(40)26(6)20-30;1-2/h7-10,15-20,37-40H,11-14H2,1-6H3;1-2H3. The largest absolute Gasteiger partial charge is 0.508 e. The van der Waals surface area contributed by atoms with Gasteiger partial charge in [0.15, 0.2) is 0 Å². The Morgan fingerprint density at radius 2 is 0.667 bits per heavy atom. The van der Waals surface area contributed by atoms with Crippen molar-refractivity contribution in [1.29, 1.82) is 0 Å². The third kappa shape index (κ3) is 5.24. The van der Waals surface area contributed by atoms with Crippen LogP contribution in [0.2, 0.25) is 0 Å². The highest BCUT2D eigenvalue weighted by molar-refractivity contribution is 5.54. The number of rotatable bonds is 4. The zero-order chi connectivity index (χ0) is 31.0. The molecule has 0 aromatic heterocycles. The number of benzene rings is 4. The van der Waals surface area contributed by atoms with Crippen LogP contribution in [0.1, 0.15) is 95.2 Å². The van der Waals surface area contributed by atoms with Crippen LogP contribution in [0.25, 0.3) is 0 Å². The molecule has 1 aliphatic rings. The van der Waals surface area contributed by atoms with E-state index < -0.39 is 0 Å². The van der Waals surface area contributed by atoms with Gasteiger partial charge in [-0.15, -0.1) is 0 Å². The van der Waals surface area contributed by atoms with Gasteiger partial charge in [-0.1, -0.05) is 62.4 Å². The number of phenols is 4. The van der Waals surface area contributed by atoms with Crippen LogP contribution >= 0.6 is 0 Å². The lowest BCUT2D eigenvalue weighted by atomic mass is 9.55. The highest BCUT2D eigenvalue weighted by Gasteiger charge is 2.47. The molecule has 222 valence electrons. The molecule has 0 unspecified atom stereocenters. The van der Waals surface area contributed by atoms with Gasteiger partial charge < -0.3 is 20.4 Å². The summed E-state index contributed by atoms with van der Waals surface area (Å²) in [6.45, 7) is 15.7. The average Bonchev–Trinajstić information content (AvgIpc) is 2.98. The second kappa shape index (κ2) is 11.8. The van der Waals surface area contributed by atoms with Crippen molar-refractivity contribution in [3.63, 3.8) is 0 Å². The van der Waals surface area contributed by atoms with Crippen LogP contribution in [-0.4, -0.2) is 20.4 Å². The van der Waals surface area contributed by atoms with Gasteiger partial charge in [-0.3, -0.25) is 0 Å². The van der Waals surface area contributed by atoms with Crippen molar-refractivity contribution >= 4 is 0 Å². The highest BCUT2D eigenvalue weighted by atomic mass is 16.3. The monoisotopic (exact) mass is 566 g/mol. The van der Waals surface area contributed by atoms with Crippen LogP contribution < -0.4 is 0 Å². The van der Waals surface area contributed by atoms with E-state index in [0.717, 1.165) is 59.1 Å². The van der Waals surface area contributed by atoms with Crippen molar-refractivity contribution in [3.8, 4) is 23.0 Å². The molecule has 4 N–H and O–H groups in total. The fourth-order valence-electron chi connectivity index (χ4n) is 6.96. The van der Waals surface area contributed by atoms with Crippen LogP contribution in [0, 0.1) is 41.5 Å². The molecule has 0 bridgehead atoms. The molecule has 1 saturated carbocycles. The van der Waals surface area contributed by atoms with Crippen molar-refractivity contribution in [1.82, 2.24) is 0 Å². The Kier molecular flexibility index (Phi) is 8.68. The van der Waals surface area contributed by atoms with Gasteiger partial charge in [-0.25, -0.2) is 0 Å². The second-order valence-electron chi connectivity index (χ2n) is 12.1. The predicted molar refractivity (Wildman–Crippen MR) is 172 cm³/mol. The number of aryl methyl sites for hydroxylation is 6. The summed E-state index contributed by atoms with van der Waals surface area (Å²) in [5.74, 6) is 1.24. The Labute approximate surface area is 251 Å². The molecule has 4 nitrogen and oxygen atoms in total. The molecule has 0 amide bonds. The Morgan fingerprint density at radius 1 is 0.405 bits per heavy atom. The van der Waals surface area contributed by atoms with Crippen LogP contribution in [0.4, 0.5) is 0 Å². The number of aromatic hydroxyl groups is 4. The van der Waals surface area contributed by atoms with Gasteiger partial charge in [0.05, 0.1) is 0 Å². The van der Waals surface area contributed by atoms with Crippen molar-refractivity contribution in [3.05, 3.63) is 116 Å². The minimum absolute atomic E-state index is 0.289. The van der Waals surface area contributed by atoms with E-state index >= 15 is 0 Å². The van der Waals surface area contributed by atoms with Crippen LogP contribution in [-0.2, 0) is 10.8 Å². The first-order chi connectivity index (χ1) is 19.9. The zero-order valence-corrected chi connectivity index (χ0v) is 26.4. The zero-order valence-electron chi connectivity index (χ0n) is 26.4. The van der Waals surface area contributed by atoms with E-state index in [-0.39, 0.29) is 22.3 Å². The molecule has 42 heavy (non-hydrogen) atoms. The van der Waals surface area contributed by atoms with E-state index in [4.69, 9.17) is 0 Å². The van der Waals surface area contributed by atoms with E-state index in [2.05, 4.69) is 36.4 Å². The van der Waals surface area contributed by atoms with Gasteiger partial charge in [0, 0.05) is 10.8 Å². The molecule has 0 atom stereocenters. The summed E-state index contributed by atoms with van der Waals surface area (Å²) in [5, 5.41) is 41.9. The lowest BCUT2D eigenvalue weighted by Crippen LogP contribution is -2.41. The fraction of sp³-hybridized carbons (Fsp3) is 0.368. The Hall–Kier alpha value is -3.92. The molecule has 4 aromatic rings. The van der Waals surface area contributed by atoms with Crippen molar-refractivity contribution in [2.45, 2.75) is 91.9 Å². The summed E-state index contributed by atoms with van der Waals surface area (Å²) in [4.78, 5) is 0. The van der Waals surface area contributed by atoms with E-state index in [1.54, 1.807) is 12.1 Å². The molecule has 1 fully saturated rings. The Bertz CT molecular complexity index is 1440.